The highest BCUT2D eigenvalue weighted by Crippen LogP contribution is 2.30. The molecular weight excluding hydrogens is 366 g/mol. The molecule has 5 rings (SSSR count). The molecule has 3 nitrogen and oxygen atoms in total. The number of aryl methyl sites for hydroxylation is 1. The lowest BCUT2D eigenvalue weighted by Crippen LogP contribution is -2.09. The van der Waals surface area contributed by atoms with Crippen molar-refractivity contribution in [3.8, 4) is 0 Å². The zero-order chi connectivity index (χ0) is 20.3. The molecular formula is C27H23N3. The summed E-state index contributed by atoms with van der Waals surface area (Å²) >= 11 is 0. The number of hydrazone groups is 1. The monoisotopic (exact) mass is 389 g/mol. The van der Waals surface area contributed by atoms with Gasteiger partial charge in [0.25, 0.3) is 0 Å². The third-order valence-corrected chi connectivity index (χ3v) is 5.42. The summed E-state index contributed by atoms with van der Waals surface area (Å²) in [6, 6.07) is 33.4. The van der Waals surface area contributed by atoms with Crippen molar-refractivity contribution in [2.24, 2.45) is 5.10 Å². The van der Waals surface area contributed by atoms with E-state index in [0.717, 1.165) is 23.4 Å². The number of aromatic nitrogens is 1. The summed E-state index contributed by atoms with van der Waals surface area (Å²) in [6.07, 6.45) is 2.92. The summed E-state index contributed by atoms with van der Waals surface area (Å²) in [7, 11) is 0. The number of aromatic amines is 1. The van der Waals surface area contributed by atoms with Crippen LogP contribution in [0.25, 0.3) is 21.8 Å². The summed E-state index contributed by atoms with van der Waals surface area (Å²) < 4.78 is 0. The van der Waals surface area contributed by atoms with Gasteiger partial charge < -0.3 is 4.98 Å². The van der Waals surface area contributed by atoms with Crippen LogP contribution in [0.3, 0.4) is 0 Å². The van der Waals surface area contributed by atoms with Crippen molar-refractivity contribution in [3.63, 3.8) is 0 Å². The average Bonchev–Trinajstić information content (AvgIpc) is 3.19. The molecule has 0 atom stereocenters. The Kier molecular flexibility index (Phi) is 4.78. The maximum absolute atomic E-state index is 4.88. The number of anilines is 2. The minimum Gasteiger partial charge on any atom is -0.354 e. The van der Waals surface area contributed by atoms with Gasteiger partial charge in [0.2, 0.25) is 0 Å². The molecule has 1 heterocycles. The first-order chi connectivity index (χ1) is 14.8. The fourth-order valence-corrected chi connectivity index (χ4v) is 3.95. The maximum Gasteiger partial charge on any atom is 0.0652 e. The van der Waals surface area contributed by atoms with E-state index in [2.05, 4.69) is 72.6 Å². The highest BCUT2D eigenvalue weighted by Gasteiger charge is 2.10. The highest BCUT2D eigenvalue weighted by molar-refractivity contribution is 6.09. The third-order valence-electron chi connectivity index (χ3n) is 5.42. The zero-order valence-corrected chi connectivity index (χ0v) is 16.9. The first-order valence-corrected chi connectivity index (χ1v) is 10.3. The van der Waals surface area contributed by atoms with Crippen molar-refractivity contribution in [1.82, 2.24) is 4.98 Å². The molecule has 0 aliphatic heterocycles. The second kappa shape index (κ2) is 7.88. The minimum absolute atomic E-state index is 0.964. The standard InChI is InChI=1S/C27H23N3/c1-2-21-17-20(18-25-24-15-9-10-16-26(24)29-27(21)25)19-28-30(22-11-5-3-6-12-22)23-13-7-4-8-14-23/h3-19,29H,2H2,1H3. The van der Waals surface area contributed by atoms with Gasteiger partial charge in [-0.3, -0.25) is 0 Å². The highest BCUT2D eigenvalue weighted by atomic mass is 15.5. The molecule has 0 saturated heterocycles. The molecule has 1 aromatic heterocycles. The number of nitrogens with one attached hydrogen (secondary N) is 1. The molecule has 0 bridgehead atoms. The van der Waals surface area contributed by atoms with Crippen molar-refractivity contribution in [2.45, 2.75) is 13.3 Å². The summed E-state index contributed by atoms with van der Waals surface area (Å²) in [5.41, 5.74) is 6.86. The van der Waals surface area contributed by atoms with Crippen molar-refractivity contribution < 1.29 is 0 Å². The number of rotatable bonds is 5. The van der Waals surface area contributed by atoms with Crippen molar-refractivity contribution in [3.05, 3.63) is 108 Å². The van der Waals surface area contributed by atoms with Crippen LogP contribution in [0.1, 0.15) is 18.1 Å². The Hall–Kier alpha value is -3.85. The van der Waals surface area contributed by atoms with Crippen LogP contribution in [0.2, 0.25) is 0 Å². The van der Waals surface area contributed by atoms with Gasteiger partial charge >= 0.3 is 0 Å². The van der Waals surface area contributed by atoms with Gasteiger partial charge in [0.05, 0.1) is 17.6 Å². The van der Waals surface area contributed by atoms with E-state index in [-0.39, 0.29) is 0 Å². The maximum atomic E-state index is 4.88. The predicted octanol–water partition coefficient (Wildman–Crippen LogP) is 7.06. The van der Waals surface area contributed by atoms with E-state index in [0.29, 0.717) is 0 Å². The molecule has 4 aromatic carbocycles. The number of nitrogens with zero attached hydrogens (tertiary/aromatic N) is 2. The Morgan fingerprint density at radius 3 is 2.07 bits per heavy atom. The molecule has 3 heteroatoms. The van der Waals surface area contributed by atoms with Gasteiger partial charge in [0.1, 0.15) is 0 Å². The largest absolute Gasteiger partial charge is 0.354 e. The van der Waals surface area contributed by atoms with Gasteiger partial charge in [0, 0.05) is 21.8 Å². The SMILES string of the molecule is CCc1cc(C=NN(c2ccccc2)c2ccccc2)cc2c1[nH]c1ccccc12. The lowest BCUT2D eigenvalue weighted by atomic mass is 10.0. The third kappa shape index (κ3) is 3.35. The second-order valence-electron chi connectivity index (χ2n) is 7.35. The van der Waals surface area contributed by atoms with Crippen LogP contribution in [0.15, 0.2) is 102 Å². The summed E-state index contributed by atoms with van der Waals surface area (Å²) in [5.74, 6) is 0. The predicted molar refractivity (Wildman–Crippen MR) is 128 cm³/mol. The van der Waals surface area contributed by atoms with E-state index >= 15 is 0 Å². The number of H-pyrrole nitrogens is 1. The van der Waals surface area contributed by atoms with Gasteiger partial charge in [-0.1, -0.05) is 61.5 Å². The Balaban J connectivity index is 1.61. The first kappa shape index (κ1) is 18.2. The molecule has 0 spiro atoms. The van der Waals surface area contributed by atoms with Crippen LogP contribution >= 0.6 is 0 Å². The molecule has 5 aromatic rings. The lowest BCUT2D eigenvalue weighted by molar-refractivity contribution is 1.09. The van der Waals surface area contributed by atoms with Gasteiger partial charge in [-0.05, 0) is 60.0 Å². The molecule has 1 N–H and O–H groups in total. The first-order valence-electron chi connectivity index (χ1n) is 10.3. The molecule has 0 saturated carbocycles. The van der Waals surface area contributed by atoms with E-state index < -0.39 is 0 Å². The van der Waals surface area contributed by atoms with E-state index in [1.54, 1.807) is 0 Å². The summed E-state index contributed by atoms with van der Waals surface area (Å²) in [6.45, 7) is 2.20. The van der Waals surface area contributed by atoms with Crippen LogP contribution in [-0.2, 0) is 6.42 Å². The molecule has 0 unspecified atom stereocenters. The molecule has 0 aliphatic rings. The molecule has 0 aliphatic carbocycles. The van der Waals surface area contributed by atoms with Crippen LogP contribution in [0.5, 0.6) is 0 Å². The Morgan fingerprint density at radius 1 is 0.767 bits per heavy atom. The van der Waals surface area contributed by atoms with Crippen molar-refractivity contribution in [2.75, 3.05) is 5.01 Å². The second-order valence-corrected chi connectivity index (χ2v) is 7.35. The van der Waals surface area contributed by atoms with E-state index in [4.69, 9.17) is 5.10 Å². The molecule has 0 fully saturated rings. The van der Waals surface area contributed by atoms with E-state index in [1.165, 1.54) is 27.4 Å². The molecule has 30 heavy (non-hydrogen) atoms. The van der Waals surface area contributed by atoms with Gasteiger partial charge in [-0.2, -0.15) is 5.10 Å². The van der Waals surface area contributed by atoms with Crippen LogP contribution in [0.4, 0.5) is 11.4 Å². The van der Waals surface area contributed by atoms with Crippen molar-refractivity contribution in [1.29, 1.82) is 0 Å². The Labute approximate surface area is 176 Å². The number of hydrogen-bond acceptors (Lipinski definition) is 2. The lowest BCUT2D eigenvalue weighted by Gasteiger charge is -2.19. The van der Waals surface area contributed by atoms with Crippen LogP contribution in [0, 0.1) is 0 Å². The average molecular weight is 390 g/mol. The Morgan fingerprint density at radius 2 is 1.40 bits per heavy atom. The number of fused-ring (bicyclic) bond motifs is 3. The van der Waals surface area contributed by atoms with E-state index in [9.17, 15) is 0 Å². The van der Waals surface area contributed by atoms with Gasteiger partial charge in [-0.15, -0.1) is 0 Å². The number of benzene rings is 4. The van der Waals surface area contributed by atoms with Crippen molar-refractivity contribution >= 4 is 39.4 Å². The molecule has 146 valence electrons. The fourth-order valence-electron chi connectivity index (χ4n) is 3.95. The van der Waals surface area contributed by atoms with Gasteiger partial charge in [0.15, 0.2) is 0 Å². The fraction of sp³-hybridized carbons (Fsp3) is 0.0741. The topological polar surface area (TPSA) is 31.4 Å². The zero-order valence-electron chi connectivity index (χ0n) is 16.9. The van der Waals surface area contributed by atoms with Gasteiger partial charge in [-0.25, -0.2) is 5.01 Å². The van der Waals surface area contributed by atoms with E-state index in [1.807, 2.05) is 47.6 Å². The smallest absolute Gasteiger partial charge is 0.0652 e. The van der Waals surface area contributed by atoms with Crippen LogP contribution < -0.4 is 5.01 Å². The number of hydrogen-bond donors (Lipinski definition) is 1. The summed E-state index contributed by atoms with van der Waals surface area (Å²) in [5, 5.41) is 9.35. The van der Waals surface area contributed by atoms with Crippen LogP contribution in [-0.4, -0.2) is 11.2 Å². The minimum atomic E-state index is 0.964. The number of para-hydroxylation sites is 3. The summed E-state index contributed by atoms with van der Waals surface area (Å²) in [4.78, 5) is 3.59. The normalized spacial score (nSPS) is 11.5. The molecule has 0 radical (unpaired) electrons. The Bertz CT molecular complexity index is 1280. The molecule has 0 amide bonds. The quantitative estimate of drug-likeness (QED) is 0.253.